The number of hydrogen-bond acceptors (Lipinski definition) is 8. The molecule has 0 unspecified atom stereocenters. The van der Waals surface area contributed by atoms with E-state index >= 15 is 0 Å². The second-order valence-electron chi connectivity index (χ2n) is 9.77. The zero-order valence-corrected chi connectivity index (χ0v) is 24.2. The van der Waals surface area contributed by atoms with Crippen LogP contribution in [0.5, 0.6) is 0 Å². The predicted octanol–water partition coefficient (Wildman–Crippen LogP) is 5.70. The number of aromatic nitrogens is 3. The number of fused-ring (bicyclic) bond motifs is 1. The molecule has 0 aliphatic heterocycles. The molecule has 1 saturated carbocycles. The highest BCUT2D eigenvalue weighted by atomic mass is 35.5. The normalized spacial score (nSPS) is 14.2. The number of urea groups is 1. The maximum absolute atomic E-state index is 13.3. The first-order valence-electron chi connectivity index (χ1n) is 13.0. The molecule has 0 spiro atoms. The van der Waals surface area contributed by atoms with Crippen molar-refractivity contribution in [2.45, 2.75) is 49.7 Å². The van der Waals surface area contributed by atoms with Crippen LogP contribution in [0.15, 0.2) is 57.7 Å². The molecule has 0 saturated heterocycles. The molecule has 0 bridgehead atoms. The third-order valence-corrected chi connectivity index (χ3v) is 9.97. The monoisotopic (exact) mass is 600 g/mol. The Kier molecular flexibility index (Phi) is 8.38. The topological polar surface area (TPSA) is 135 Å². The number of thiophene rings is 1. The number of amides is 2. The molecular formula is C27H29ClN6O4S2. The third-order valence-electron chi connectivity index (χ3n) is 6.92. The van der Waals surface area contributed by atoms with Crippen LogP contribution in [0.2, 0.25) is 4.34 Å². The van der Waals surface area contributed by atoms with Crippen LogP contribution in [0.25, 0.3) is 16.7 Å². The summed E-state index contributed by atoms with van der Waals surface area (Å²) in [6.07, 6.45) is 9.11. The first kappa shape index (κ1) is 28.1. The van der Waals surface area contributed by atoms with E-state index in [2.05, 4.69) is 20.6 Å². The van der Waals surface area contributed by atoms with Gasteiger partial charge in [-0.1, -0.05) is 43.7 Å². The van der Waals surface area contributed by atoms with E-state index < -0.39 is 16.1 Å². The Morgan fingerprint density at radius 1 is 1.10 bits per heavy atom. The number of sulfonamides is 1. The summed E-state index contributed by atoms with van der Waals surface area (Å²) in [6.45, 7) is 2.62. The average Bonchev–Trinajstić information content (AvgIpc) is 3.37. The van der Waals surface area contributed by atoms with Crippen molar-refractivity contribution >= 4 is 61.3 Å². The van der Waals surface area contributed by atoms with Gasteiger partial charge in [0.1, 0.15) is 15.9 Å². The first-order chi connectivity index (χ1) is 19.2. The number of rotatable bonds is 8. The lowest BCUT2D eigenvalue weighted by atomic mass is 9.87. The Hall–Kier alpha value is -3.48. The molecule has 210 valence electrons. The van der Waals surface area contributed by atoms with Crippen molar-refractivity contribution in [3.63, 3.8) is 0 Å². The summed E-state index contributed by atoms with van der Waals surface area (Å²) in [7, 11) is -4.06. The minimum atomic E-state index is -4.06. The van der Waals surface area contributed by atoms with Crippen LogP contribution >= 0.6 is 22.9 Å². The van der Waals surface area contributed by atoms with E-state index in [9.17, 15) is 18.0 Å². The molecule has 2 amide bonds. The van der Waals surface area contributed by atoms with Crippen molar-refractivity contribution in [1.82, 2.24) is 19.3 Å². The van der Waals surface area contributed by atoms with Crippen molar-refractivity contribution in [3.05, 3.63) is 69.2 Å². The summed E-state index contributed by atoms with van der Waals surface area (Å²) < 4.78 is 28.2. The zero-order valence-electron chi connectivity index (χ0n) is 21.8. The van der Waals surface area contributed by atoms with Gasteiger partial charge in [-0.3, -0.25) is 4.79 Å². The van der Waals surface area contributed by atoms with Crippen LogP contribution in [-0.2, 0) is 10.0 Å². The van der Waals surface area contributed by atoms with Crippen LogP contribution < -0.4 is 20.9 Å². The Morgan fingerprint density at radius 2 is 1.88 bits per heavy atom. The van der Waals surface area contributed by atoms with Gasteiger partial charge in [-0.25, -0.2) is 32.5 Å². The number of carbonyl (C=O) groups is 1. The number of carbonyl (C=O) groups excluding carboxylic acids is 1. The molecule has 3 N–H and O–H groups in total. The summed E-state index contributed by atoms with van der Waals surface area (Å²) in [5.74, 6) is 1.57. The van der Waals surface area contributed by atoms with E-state index in [1.165, 1.54) is 61.1 Å². The predicted molar refractivity (Wildman–Crippen MR) is 158 cm³/mol. The average molecular weight is 601 g/mol. The minimum absolute atomic E-state index is 0.0814. The molecule has 4 aromatic rings. The van der Waals surface area contributed by atoms with Crippen molar-refractivity contribution in [2.75, 3.05) is 17.2 Å². The SMILES string of the molecule is Cc1nc2cc(NCCC3CCCCC3)ccc2c(=O)n1-c1ccc(NC(=O)NS(=O)(=O)c2ccc(Cl)s2)cn1. The van der Waals surface area contributed by atoms with Gasteiger partial charge in [-0.2, -0.15) is 0 Å². The van der Waals surface area contributed by atoms with Crippen LogP contribution in [0, 0.1) is 12.8 Å². The van der Waals surface area contributed by atoms with E-state index in [0.29, 0.717) is 22.5 Å². The molecule has 0 atom stereocenters. The van der Waals surface area contributed by atoms with Gasteiger partial charge in [0.05, 0.1) is 27.1 Å². The maximum atomic E-state index is 13.3. The second kappa shape index (κ2) is 11.9. The molecule has 5 rings (SSSR count). The molecule has 3 heterocycles. The molecule has 0 radical (unpaired) electrons. The Bertz CT molecular complexity index is 1700. The maximum Gasteiger partial charge on any atom is 0.333 e. The highest BCUT2D eigenvalue weighted by Gasteiger charge is 2.20. The van der Waals surface area contributed by atoms with Crippen molar-refractivity contribution in [1.29, 1.82) is 0 Å². The van der Waals surface area contributed by atoms with E-state index in [1.807, 2.05) is 16.9 Å². The molecule has 1 aliphatic rings. The van der Waals surface area contributed by atoms with Gasteiger partial charge < -0.3 is 10.6 Å². The van der Waals surface area contributed by atoms with Gasteiger partial charge in [0.2, 0.25) is 0 Å². The number of hydrogen-bond donors (Lipinski definition) is 3. The van der Waals surface area contributed by atoms with Crippen molar-refractivity contribution in [3.8, 4) is 5.82 Å². The van der Waals surface area contributed by atoms with Gasteiger partial charge in [0.25, 0.3) is 15.6 Å². The Balaban J connectivity index is 1.26. The van der Waals surface area contributed by atoms with Crippen molar-refractivity contribution < 1.29 is 13.2 Å². The third kappa shape index (κ3) is 6.45. The molecule has 3 aromatic heterocycles. The van der Waals surface area contributed by atoms with Crippen molar-refractivity contribution in [2.24, 2.45) is 5.92 Å². The number of benzene rings is 1. The van der Waals surface area contributed by atoms with Crippen LogP contribution in [0.3, 0.4) is 0 Å². The molecule has 10 nitrogen and oxygen atoms in total. The number of nitrogens with zero attached hydrogens (tertiary/aromatic N) is 3. The summed E-state index contributed by atoms with van der Waals surface area (Å²) in [5.41, 5.74) is 1.51. The van der Waals surface area contributed by atoms with Crippen LogP contribution in [-0.4, -0.2) is 35.5 Å². The Labute approximate surface area is 240 Å². The molecular weight excluding hydrogens is 572 g/mol. The summed E-state index contributed by atoms with van der Waals surface area (Å²) in [5, 5.41) is 6.36. The molecule has 13 heteroatoms. The lowest BCUT2D eigenvalue weighted by Gasteiger charge is -2.21. The lowest BCUT2D eigenvalue weighted by molar-refractivity contribution is 0.256. The second-order valence-corrected chi connectivity index (χ2v) is 13.4. The van der Waals surface area contributed by atoms with Gasteiger partial charge in [-0.05, 0) is 61.7 Å². The fourth-order valence-corrected chi connectivity index (χ4v) is 7.33. The van der Waals surface area contributed by atoms with Gasteiger partial charge in [-0.15, -0.1) is 11.3 Å². The van der Waals surface area contributed by atoms with E-state index in [1.54, 1.807) is 19.1 Å². The Morgan fingerprint density at radius 3 is 2.58 bits per heavy atom. The summed E-state index contributed by atoms with van der Waals surface area (Å²) in [6, 6.07) is 10.4. The minimum Gasteiger partial charge on any atom is -0.385 e. The van der Waals surface area contributed by atoms with E-state index in [-0.39, 0.29) is 19.8 Å². The number of pyridine rings is 1. The van der Waals surface area contributed by atoms with Gasteiger partial charge in [0.15, 0.2) is 0 Å². The first-order valence-corrected chi connectivity index (χ1v) is 15.7. The van der Waals surface area contributed by atoms with E-state index in [0.717, 1.165) is 35.9 Å². The fraction of sp³-hybridized carbons (Fsp3) is 0.333. The van der Waals surface area contributed by atoms with Gasteiger partial charge >= 0.3 is 6.03 Å². The zero-order chi connectivity index (χ0) is 28.3. The summed E-state index contributed by atoms with van der Waals surface area (Å²) >= 11 is 6.62. The molecule has 1 aliphatic carbocycles. The number of halogens is 1. The van der Waals surface area contributed by atoms with Crippen LogP contribution in [0.1, 0.15) is 44.3 Å². The molecule has 40 heavy (non-hydrogen) atoms. The highest BCUT2D eigenvalue weighted by molar-refractivity contribution is 7.92. The number of nitrogens with one attached hydrogen (secondary N) is 3. The van der Waals surface area contributed by atoms with Crippen LogP contribution in [0.4, 0.5) is 16.2 Å². The smallest absolute Gasteiger partial charge is 0.333 e. The van der Waals surface area contributed by atoms with Gasteiger partial charge in [0, 0.05) is 12.2 Å². The van der Waals surface area contributed by atoms with E-state index in [4.69, 9.17) is 11.6 Å². The number of anilines is 2. The number of aryl methyl sites for hydroxylation is 1. The standard InChI is InChI=1S/C27H29ClN6O4S2/c1-17-31-22-15-19(29-14-13-18-5-3-2-4-6-18)7-9-21(22)26(35)34(17)24-11-8-20(16-30-24)32-27(36)33-40(37,38)25-12-10-23(28)39-25/h7-12,15-16,18,29H,2-6,13-14H2,1H3,(H2,32,33,36). The quantitative estimate of drug-likeness (QED) is 0.236. The fourth-order valence-electron chi connectivity index (χ4n) is 4.94. The lowest BCUT2D eigenvalue weighted by Crippen LogP contribution is -2.34. The largest absolute Gasteiger partial charge is 0.385 e. The molecule has 1 aromatic carbocycles. The summed E-state index contributed by atoms with van der Waals surface area (Å²) in [4.78, 5) is 34.5. The molecule has 1 fully saturated rings. The highest BCUT2D eigenvalue weighted by Crippen LogP contribution is 2.27.